The summed E-state index contributed by atoms with van der Waals surface area (Å²) >= 11 is 0. The maximum atomic E-state index is 12.2. The molecule has 0 fully saturated rings. The van der Waals surface area contributed by atoms with E-state index in [9.17, 15) is 4.79 Å². The molecular formula is C18H15N5O2. The molecule has 25 heavy (non-hydrogen) atoms. The predicted molar refractivity (Wildman–Crippen MR) is 89.8 cm³/mol. The van der Waals surface area contributed by atoms with Crippen LogP contribution in [0.1, 0.15) is 29.5 Å². The first-order chi connectivity index (χ1) is 12.3. The first-order valence-electron chi connectivity index (χ1n) is 8.11. The smallest absolute Gasteiger partial charge is 0.221 e. The van der Waals surface area contributed by atoms with Gasteiger partial charge in [0.25, 0.3) is 0 Å². The number of rotatable bonds is 2. The molecule has 4 aromatic rings. The van der Waals surface area contributed by atoms with Gasteiger partial charge in [0.05, 0.1) is 23.9 Å². The summed E-state index contributed by atoms with van der Waals surface area (Å²) in [5.41, 5.74) is 3.55. The Kier molecular flexibility index (Phi) is 3.00. The number of hydrogen-bond acceptors (Lipinski definition) is 4. The van der Waals surface area contributed by atoms with Crippen molar-refractivity contribution in [1.82, 2.24) is 24.9 Å². The Hall–Kier alpha value is -3.35. The number of pyridine rings is 1. The van der Waals surface area contributed by atoms with Crippen LogP contribution in [0.25, 0.3) is 17.1 Å². The molecule has 0 aliphatic carbocycles. The molecule has 7 nitrogen and oxygen atoms in total. The fraction of sp³-hybridized carbons (Fsp3) is 0.167. The number of carbonyl (C=O) groups is 1. The van der Waals surface area contributed by atoms with E-state index in [0.717, 1.165) is 28.5 Å². The van der Waals surface area contributed by atoms with Gasteiger partial charge in [-0.3, -0.25) is 9.89 Å². The van der Waals surface area contributed by atoms with Crippen LogP contribution in [-0.2, 0) is 11.3 Å². The number of furan rings is 1. The minimum atomic E-state index is -0.188. The maximum absolute atomic E-state index is 12.2. The van der Waals surface area contributed by atoms with E-state index in [1.807, 2.05) is 47.0 Å². The van der Waals surface area contributed by atoms with Crippen molar-refractivity contribution in [2.75, 3.05) is 0 Å². The Morgan fingerprint density at radius 3 is 3.04 bits per heavy atom. The molecule has 0 spiro atoms. The molecule has 0 radical (unpaired) electrons. The summed E-state index contributed by atoms with van der Waals surface area (Å²) in [6, 6.07) is 11.6. The van der Waals surface area contributed by atoms with Crippen LogP contribution in [0, 0.1) is 0 Å². The molecule has 124 valence electrons. The van der Waals surface area contributed by atoms with Crippen molar-refractivity contribution in [2.45, 2.75) is 18.9 Å². The summed E-state index contributed by atoms with van der Waals surface area (Å²) in [6.45, 7) is 0.431. The van der Waals surface area contributed by atoms with E-state index < -0.39 is 0 Å². The molecule has 1 aliphatic heterocycles. The highest BCUT2D eigenvalue weighted by atomic mass is 16.3. The van der Waals surface area contributed by atoms with Gasteiger partial charge in [-0.05, 0) is 30.3 Å². The lowest BCUT2D eigenvalue weighted by molar-refractivity contribution is -0.121. The highest BCUT2D eigenvalue weighted by Gasteiger charge is 2.31. The van der Waals surface area contributed by atoms with E-state index in [2.05, 4.69) is 20.5 Å². The molecule has 0 unspecified atom stereocenters. The summed E-state index contributed by atoms with van der Waals surface area (Å²) in [5.74, 6) is 1.25. The zero-order chi connectivity index (χ0) is 16.8. The number of H-pyrrole nitrogens is 1. The first-order valence-corrected chi connectivity index (χ1v) is 8.11. The number of nitrogens with zero attached hydrogens (tertiary/aromatic N) is 3. The quantitative estimate of drug-likeness (QED) is 0.590. The maximum Gasteiger partial charge on any atom is 0.221 e. The second-order valence-electron chi connectivity index (χ2n) is 6.08. The van der Waals surface area contributed by atoms with Crippen LogP contribution in [-0.4, -0.2) is 25.5 Å². The molecular weight excluding hydrogens is 318 g/mol. The van der Waals surface area contributed by atoms with Gasteiger partial charge in [0, 0.05) is 18.8 Å². The molecule has 0 aromatic carbocycles. The van der Waals surface area contributed by atoms with E-state index in [1.54, 1.807) is 6.20 Å². The number of carbonyl (C=O) groups excluding carboxylic acids is 1. The number of amides is 1. The van der Waals surface area contributed by atoms with E-state index in [1.165, 1.54) is 0 Å². The molecule has 0 saturated carbocycles. The second-order valence-corrected chi connectivity index (χ2v) is 6.08. The van der Waals surface area contributed by atoms with Gasteiger partial charge in [0.15, 0.2) is 5.76 Å². The largest absolute Gasteiger partial charge is 0.459 e. The molecule has 1 atom stereocenters. The van der Waals surface area contributed by atoms with Crippen molar-refractivity contribution in [1.29, 1.82) is 0 Å². The Labute approximate surface area is 142 Å². The van der Waals surface area contributed by atoms with Gasteiger partial charge in [-0.1, -0.05) is 6.07 Å². The summed E-state index contributed by atoms with van der Waals surface area (Å²) in [6.07, 6.45) is 3.98. The van der Waals surface area contributed by atoms with Crippen LogP contribution in [0.3, 0.4) is 0 Å². The molecule has 0 saturated heterocycles. The SMILES string of the molecule is O=C1C[C@@H](c2ccc(-c3ccn[nH]3)o2)c2c(nc3ccccn23)CN1. The Morgan fingerprint density at radius 2 is 2.16 bits per heavy atom. The number of imidazole rings is 1. The highest BCUT2D eigenvalue weighted by molar-refractivity contribution is 5.78. The van der Waals surface area contributed by atoms with Crippen molar-refractivity contribution in [3.05, 3.63) is 65.9 Å². The molecule has 5 rings (SSSR count). The van der Waals surface area contributed by atoms with E-state index in [-0.39, 0.29) is 11.8 Å². The Bertz CT molecular complexity index is 1060. The summed E-state index contributed by atoms with van der Waals surface area (Å²) in [5, 5.41) is 9.77. The average molecular weight is 333 g/mol. The van der Waals surface area contributed by atoms with Gasteiger partial charge in [-0.25, -0.2) is 4.98 Å². The molecule has 0 bridgehead atoms. The monoisotopic (exact) mass is 333 g/mol. The second kappa shape index (κ2) is 5.34. The zero-order valence-corrected chi connectivity index (χ0v) is 13.3. The standard InChI is InChI=1S/C18H15N5O2/c24-17-9-11(14-4-5-15(25-14)12-6-7-20-22-12)18-13(10-19-17)21-16-3-1-2-8-23(16)18/h1-8,11H,9-10H2,(H,19,24)(H,20,22)/t11-/m0/s1. The zero-order valence-electron chi connectivity index (χ0n) is 13.3. The lowest BCUT2D eigenvalue weighted by Gasteiger charge is -2.12. The molecule has 4 aromatic heterocycles. The average Bonchev–Trinajstić information content (AvgIpc) is 3.34. The van der Waals surface area contributed by atoms with E-state index in [0.29, 0.717) is 18.7 Å². The van der Waals surface area contributed by atoms with Crippen molar-refractivity contribution in [3.8, 4) is 11.5 Å². The number of hydrogen-bond donors (Lipinski definition) is 2. The third-order valence-electron chi connectivity index (χ3n) is 4.55. The van der Waals surface area contributed by atoms with Gasteiger partial charge < -0.3 is 14.1 Å². The fourth-order valence-corrected chi connectivity index (χ4v) is 3.41. The van der Waals surface area contributed by atoms with E-state index in [4.69, 9.17) is 4.42 Å². The Balaban J connectivity index is 1.66. The number of nitrogens with one attached hydrogen (secondary N) is 2. The van der Waals surface area contributed by atoms with Crippen molar-refractivity contribution >= 4 is 11.6 Å². The molecule has 7 heteroatoms. The minimum absolute atomic E-state index is 0.00725. The molecule has 1 amide bonds. The molecule has 1 aliphatic rings. The third-order valence-corrected chi connectivity index (χ3v) is 4.55. The third kappa shape index (κ3) is 2.24. The van der Waals surface area contributed by atoms with Crippen molar-refractivity contribution < 1.29 is 9.21 Å². The highest BCUT2D eigenvalue weighted by Crippen LogP contribution is 2.35. The van der Waals surface area contributed by atoms with Gasteiger partial charge in [-0.2, -0.15) is 5.10 Å². The van der Waals surface area contributed by atoms with E-state index >= 15 is 0 Å². The van der Waals surface area contributed by atoms with Crippen LogP contribution in [0.4, 0.5) is 0 Å². The van der Waals surface area contributed by atoms with Crippen molar-refractivity contribution in [2.24, 2.45) is 0 Å². The normalized spacial score (nSPS) is 17.3. The number of aromatic amines is 1. The van der Waals surface area contributed by atoms with Gasteiger partial charge >= 0.3 is 0 Å². The fourth-order valence-electron chi connectivity index (χ4n) is 3.41. The summed E-state index contributed by atoms with van der Waals surface area (Å²) in [4.78, 5) is 16.9. The predicted octanol–water partition coefficient (Wildman–Crippen LogP) is 2.47. The van der Waals surface area contributed by atoms with Crippen LogP contribution >= 0.6 is 0 Å². The molecule has 2 N–H and O–H groups in total. The number of fused-ring (bicyclic) bond motifs is 3. The van der Waals surface area contributed by atoms with Gasteiger partial charge in [0.2, 0.25) is 5.91 Å². The Morgan fingerprint density at radius 1 is 1.20 bits per heavy atom. The van der Waals surface area contributed by atoms with Crippen molar-refractivity contribution in [3.63, 3.8) is 0 Å². The number of aromatic nitrogens is 4. The van der Waals surface area contributed by atoms with Crippen LogP contribution in [0.2, 0.25) is 0 Å². The minimum Gasteiger partial charge on any atom is -0.459 e. The van der Waals surface area contributed by atoms with Gasteiger partial charge in [-0.15, -0.1) is 0 Å². The van der Waals surface area contributed by atoms with Gasteiger partial charge in [0.1, 0.15) is 17.1 Å². The van der Waals surface area contributed by atoms with Crippen LogP contribution in [0.15, 0.2) is 53.2 Å². The lowest BCUT2D eigenvalue weighted by atomic mass is 9.97. The van der Waals surface area contributed by atoms with Crippen LogP contribution in [0.5, 0.6) is 0 Å². The summed E-state index contributed by atoms with van der Waals surface area (Å²) < 4.78 is 8.09. The lowest BCUT2D eigenvalue weighted by Crippen LogP contribution is -2.21. The summed E-state index contributed by atoms with van der Waals surface area (Å²) in [7, 11) is 0. The van der Waals surface area contributed by atoms with Crippen LogP contribution < -0.4 is 5.32 Å². The topological polar surface area (TPSA) is 88.2 Å². The molecule has 5 heterocycles. The first kappa shape index (κ1) is 14.0.